The number of likely N-dealkylation sites (N-methyl/N-ethyl adjacent to an activating group) is 1. The summed E-state index contributed by atoms with van der Waals surface area (Å²) >= 11 is 1.44. The quantitative estimate of drug-likeness (QED) is 0.707. The zero-order valence-corrected chi connectivity index (χ0v) is 17.4. The maximum atomic E-state index is 14.2. The number of piperidine rings is 1. The van der Waals surface area contributed by atoms with Crippen LogP contribution >= 0.6 is 11.3 Å². The van der Waals surface area contributed by atoms with Gasteiger partial charge in [-0.3, -0.25) is 14.5 Å². The second-order valence-corrected chi connectivity index (χ2v) is 8.58. The van der Waals surface area contributed by atoms with Crippen molar-refractivity contribution >= 4 is 28.7 Å². The number of hydrogen-bond donors (Lipinski definition) is 0. The Morgan fingerprint density at radius 1 is 1.10 bits per heavy atom. The predicted molar refractivity (Wildman–Crippen MR) is 111 cm³/mol. The number of nitrogens with zero attached hydrogens (tertiary/aromatic N) is 3. The Morgan fingerprint density at radius 2 is 1.83 bits per heavy atom. The van der Waals surface area contributed by atoms with Gasteiger partial charge in [0.15, 0.2) is 0 Å². The Kier molecular flexibility index (Phi) is 5.52. The normalized spacial score (nSPS) is 18.8. The first-order valence-corrected chi connectivity index (χ1v) is 10.6. The fourth-order valence-electron chi connectivity index (χ4n) is 4.04. The number of amides is 2. The summed E-state index contributed by atoms with van der Waals surface area (Å²) in [6.07, 6.45) is 1.87. The summed E-state index contributed by atoms with van der Waals surface area (Å²) in [5.74, 6) is -1.11. The molecule has 5 nitrogen and oxygen atoms in total. The fourth-order valence-corrected chi connectivity index (χ4v) is 4.80. The van der Waals surface area contributed by atoms with Crippen molar-refractivity contribution in [2.45, 2.75) is 25.4 Å². The van der Waals surface area contributed by atoms with Crippen LogP contribution in [0.25, 0.3) is 5.57 Å². The highest BCUT2D eigenvalue weighted by Gasteiger charge is 2.43. The summed E-state index contributed by atoms with van der Waals surface area (Å²) in [4.78, 5) is 32.8. The van der Waals surface area contributed by atoms with Crippen molar-refractivity contribution in [3.63, 3.8) is 0 Å². The summed E-state index contributed by atoms with van der Waals surface area (Å²) < 4.78 is 14.2. The molecule has 0 aliphatic carbocycles. The Bertz CT molecular complexity index is 949. The molecular weight excluding hydrogens is 389 g/mol. The minimum atomic E-state index is -0.414. The fraction of sp³-hybridized carbons (Fsp3) is 0.364. The Labute approximate surface area is 174 Å². The molecule has 0 bridgehead atoms. The largest absolute Gasteiger partial charge is 0.366 e. The van der Waals surface area contributed by atoms with Crippen molar-refractivity contribution in [2.75, 3.05) is 27.2 Å². The second kappa shape index (κ2) is 8.08. The highest BCUT2D eigenvalue weighted by atomic mass is 32.1. The lowest BCUT2D eigenvalue weighted by molar-refractivity contribution is -0.138. The smallest absolute Gasteiger partial charge is 0.278 e. The Morgan fingerprint density at radius 3 is 2.48 bits per heavy atom. The molecule has 1 aromatic carbocycles. The van der Waals surface area contributed by atoms with Crippen molar-refractivity contribution in [3.8, 4) is 0 Å². The summed E-state index contributed by atoms with van der Waals surface area (Å²) in [6, 6.07) is 10.2. The van der Waals surface area contributed by atoms with E-state index in [-0.39, 0.29) is 24.4 Å². The molecule has 1 fully saturated rings. The van der Waals surface area contributed by atoms with Crippen LogP contribution in [0.1, 0.15) is 23.3 Å². The Hall–Kier alpha value is -2.51. The maximum Gasteiger partial charge on any atom is 0.278 e. The van der Waals surface area contributed by atoms with Gasteiger partial charge in [0.05, 0.1) is 12.1 Å². The molecule has 2 amide bonds. The summed E-state index contributed by atoms with van der Waals surface area (Å²) in [5, 5.41) is 1.90. The average molecular weight is 414 g/mol. The molecule has 1 saturated heterocycles. The van der Waals surface area contributed by atoms with Crippen LogP contribution in [0.5, 0.6) is 0 Å². The number of carbonyl (C=O) groups excluding carboxylic acids is 2. The van der Waals surface area contributed by atoms with E-state index in [0.717, 1.165) is 30.8 Å². The van der Waals surface area contributed by atoms with Gasteiger partial charge in [-0.05, 0) is 50.5 Å². The van der Waals surface area contributed by atoms with E-state index in [1.165, 1.54) is 22.3 Å². The van der Waals surface area contributed by atoms with Crippen LogP contribution in [-0.4, -0.2) is 59.7 Å². The molecule has 0 radical (unpaired) electrons. The van der Waals surface area contributed by atoms with Crippen LogP contribution in [0.2, 0.25) is 0 Å². The van der Waals surface area contributed by atoms with Crippen LogP contribution in [-0.2, 0) is 16.1 Å². The van der Waals surface area contributed by atoms with Gasteiger partial charge in [-0.1, -0.05) is 24.3 Å². The van der Waals surface area contributed by atoms with Gasteiger partial charge in [0.2, 0.25) is 0 Å². The first-order valence-electron chi connectivity index (χ1n) is 9.76. The SMILES string of the molecule is CN1CCC(N(C)C2=C(c3cccs3)C(=O)N(Cc3ccccc3F)C2=O)CC1. The first-order chi connectivity index (χ1) is 14.0. The van der Waals surface area contributed by atoms with Crippen LogP contribution in [0.15, 0.2) is 47.5 Å². The summed E-state index contributed by atoms with van der Waals surface area (Å²) in [6.45, 7) is 1.85. The number of thiophene rings is 1. The molecule has 7 heteroatoms. The lowest BCUT2D eigenvalue weighted by Gasteiger charge is -2.36. The molecule has 0 unspecified atom stereocenters. The molecule has 2 aromatic rings. The number of hydrogen-bond acceptors (Lipinski definition) is 5. The van der Waals surface area contributed by atoms with E-state index in [4.69, 9.17) is 0 Å². The van der Waals surface area contributed by atoms with Gasteiger partial charge in [0, 0.05) is 23.5 Å². The topological polar surface area (TPSA) is 43.9 Å². The molecule has 0 N–H and O–H groups in total. The standard InChI is InChI=1S/C22H24FN3O2S/c1-24-11-9-16(10-12-24)25(2)20-19(18-8-5-13-29-18)21(27)26(22(20)28)14-15-6-3-4-7-17(15)23/h3-8,13,16H,9-12,14H2,1-2H3. The third-order valence-electron chi connectivity index (χ3n) is 5.79. The molecule has 0 atom stereocenters. The van der Waals surface area contributed by atoms with Gasteiger partial charge in [-0.2, -0.15) is 0 Å². The molecule has 152 valence electrons. The van der Waals surface area contributed by atoms with E-state index in [2.05, 4.69) is 11.9 Å². The van der Waals surface area contributed by atoms with Gasteiger partial charge >= 0.3 is 0 Å². The molecule has 2 aliphatic heterocycles. The Balaban J connectivity index is 1.68. The average Bonchev–Trinajstić information content (AvgIpc) is 3.32. The van der Waals surface area contributed by atoms with Gasteiger partial charge < -0.3 is 9.80 Å². The van der Waals surface area contributed by atoms with Crippen molar-refractivity contribution in [2.24, 2.45) is 0 Å². The van der Waals surface area contributed by atoms with Crippen LogP contribution in [0.3, 0.4) is 0 Å². The lowest BCUT2D eigenvalue weighted by Crippen LogP contribution is -2.43. The van der Waals surface area contributed by atoms with Crippen molar-refractivity contribution in [1.82, 2.24) is 14.7 Å². The highest BCUT2D eigenvalue weighted by molar-refractivity contribution is 7.11. The summed E-state index contributed by atoms with van der Waals surface area (Å²) in [7, 11) is 3.99. The monoisotopic (exact) mass is 413 g/mol. The molecule has 3 heterocycles. The van der Waals surface area contributed by atoms with Crippen molar-refractivity contribution < 1.29 is 14.0 Å². The molecule has 1 aromatic heterocycles. The van der Waals surface area contributed by atoms with E-state index in [9.17, 15) is 14.0 Å². The zero-order chi connectivity index (χ0) is 20.5. The highest BCUT2D eigenvalue weighted by Crippen LogP contribution is 2.36. The van der Waals surface area contributed by atoms with Gasteiger partial charge in [-0.15, -0.1) is 11.3 Å². The second-order valence-electron chi connectivity index (χ2n) is 7.63. The molecule has 29 heavy (non-hydrogen) atoms. The minimum Gasteiger partial charge on any atom is -0.366 e. The predicted octanol–water partition coefficient (Wildman–Crippen LogP) is 3.19. The van der Waals surface area contributed by atoms with Gasteiger partial charge in [0.1, 0.15) is 11.5 Å². The lowest BCUT2D eigenvalue weighted by atomic mass is 10.0. The third-order valence-corrected chi connectivity index (χ3v) is 6.67. The van der Waals surface area contributed by atoms with Crippen LogP contribution in [0.4, 0.5) is 4.39 Å². The molecule has 4 rings (SSSR count). The van der Waals surface area contributed by atoms with E-state index >= 15 is 0 Å². The first kappa shape index (κ1) is 19.8. The zero-order valence-electron chi connectivity index (χ0n) is 16.6. The number of likely N-dealkylation sites (tertiary alicyclic amines) is 1. The van der Waals surface area contributed by atoms with Crippen LogP contribution in [0, 0.1) is 5.82 Å². The number of carbonyl (C=O) groups is 2. The minimum absolute atomic E-state index is 0.0655. The molecular formula is C22H24FN3O2S. The van der Waals surface area contributed by atoms with Crippen molar-refractivity contribution in [3.05, 3.63) is 63.7 Å². The number of benzene rings is 1. The summed E-state index contributed by atoms with van der Waals surface area (Å²) in [5.41, 5.74) is 1.20. The van der Waals surface area contributed by atoms with Crippen LogP contribution < -0.4 is 0 Å². The van der Waals surface area contributed by atoms with Gasteiger partial charge in [-0.25, -0.2) is 4.39 Å². The molecule has 0 spiro atoms. The van der Waals surface area contributed by atoms with E-state index in [0.29, 0.717) is 16.8 Å². The van der Waals surface area contributed by atoms with E-state index in [1.54, 1.807) is 18.2 Å². The van der Waals surface area contributed by atoms with Gasteiger partial charge in [0.25, 0.3) is 11.8 Å². The van der Waals surface area contributed by atoms with Crippen molar-refractivity contribution in [1.29, 1.82) is 0 Å². The van der Waals surface area contributed by atoms with E-state index < -0.39 is 5.82 Å². The number of halogens is 1. The number of imide groups is 1. The maximum absolute atomic E-state index is 14.2. The molecule has 2 aliphatic rings. The molecule has 0 saturated carbocycles. The number of rotatable bonds is 5. The van der Waals surface area contributed by atoms with E-state index in [1.807, 2.05) is 29.5 Å². The third kappa shape index (κ3) is 3.72.